The second-order valence-electron chi connectivity index (χ2n) is 10.4. The number of aromatic nitrogens is 2. The molecule has 2 heterocycles. The molecular weight excluding hydrogens is 542 g/mol. The Bertz CT molecular complexity index is 1580. The van der Waals surface area contributed by atoms with Gasteiger partial charge in [-0.05, 0) is 61.4 Å². The first-order chi connectivity index (χ1) is 20.2. The average molecular weight is 576 g/mol. The molecule has 0 unspecified atom stereocenters. The first-order valence-corrected chi connectivity index (χ1v) is 14.3. The van der Waals surface area contributed by atoms with Crippen LogP contribution in [0.3, 0.4) is 0 Å². The van der Waals surface area contributed by atoms with Crippen LogP contribution in [0, 0.1) is 5.92 Å². The Balaban J connectivity index is 0.00000353. The third-order valence-electron chi connectivity index (χ3n) is 7.58. The van der Waals surface area contributed by atoms with E-state index in [-0.39, 0.29) is 24.2 Å². The summed E-state index contributed by atoms with van der Waals surface area (Å²) in [5, 5.41) is 3.04. The van der Waals surface area contributed by atoms with Crippen LogP contribution in [0.5, 0.6) is 0 Å². The number of nitrogens with one attached hydrogen (secondary N) is 1. The van der Waals surface area contributed by atoms with Crippen LogP contribution in [0.2, 0.25) is 0 Å². The Kier molecular flexibility index (Phi) is 9.62. The van der Waals surface area contributed by atoms with Crippen LogP contribution in [0.15, 0.2) is 120 Å². The monoisotopic (exact) mass is 575 g/mol. The van der Waals surface area contributed by atoms with E-state index in [0.29, 0.717) is 24.4 Å². The number of halogens is 1. The van der Waals surface area contributed by atoms with Crippen LogP contribution in [0.1, 0.15) is 46.8 Å². The lowest BCUT2D eigenvalue weighted by Gasteiger charge is -2.22. The molecule has 0 saturated carbocycles. The molecule has 212 valence electrons. The van der Waals surface area contributed by atoms with Crippen molar-refractivity contribution < 1.29 is 9.21 Å². The van der Waals surface area contributed by atoms with Crippen molar-refractivity contribution in [2.24, 2.45) is 5.92 Å². The van der Waals surface area contributed by atoms with Crippen molar-refractivity contribution >= 4 is 23.9 Å². The van der Waals surface area contributed by atoms with Gasteiger partial charge < -0.3 is 9.73 Å². The summed E-state index contributed by atoms with van der Waals surface area (Å²) in [6, 6.07) is 34.2. The zero-order valence-electron chi connectivity index (χ0n) is 23.4. The molecule has 0 saturated heterocycles. The molecule has 5 nitrogen and oxygen atoms in total. The number of nitrogens with zero attached hydrogens (tertiary/aromatic N) is 2. The van der Waals surface area contributed by atoms with Crippen LogP contribution in [-0.2, 0) is 12.8 Å². The van der Waals surface area contributed by atoms with E-state index < -0.39 is 0 Å². The molecule has 6 heteroatoms. The van der Waals surface area contributed by atoms with E-state index in [2.05, 4.69) is 46.7 Å². The Morgan fingerprint density at radius 3 is 2.40 bits per heavy atom. The number of rotatable bonds is 9. The normalized spacial score (nSPS) is 14.5. The molecule has 0 aliphatic heterocycles. The highest BCUT2D eigenvalue weighted by Crippen LogP contribution is 2.40. The predicted octanol–water partition coefficient (Wildman–Crippen LogP) is 8.22. The quantitative estimate of drug-likeness (QED) is 0.192. The minimum atomic E-state index is -0.0603. The minimum absolute atomic E-state index is 0. The fourth-order valence-corrected chi connectivity index (χ4v) is 5.51. The molecular formula is C36H34ClN3O2. The lowest BCUT2D eigenvalue weighted by atomic mass is 9.83. The number of hydrogen-bond donors (Lipinski definition) is 1. The third-order valence-corrected chi connectivity index (χ3v) is 7.58. The fraction of sp³-hybridized carbons (Fsp3) is 0.194. The molecule has 0 radical (unpaired) electrons. The number of carbonyl (C=O) groups excluding carboxylic acids is 1. The maximum Gasteiger partial charge on any atom is 0.251 e. The van der Waals surface area contributed by atoms with Crippen LogP contribution in [0.25, 0.3) is 28.2 Å². The molecule has 42 heavy (non-hydrogen) atoms. The fourth-order valence-electron chi connectivity index (χ4n) is 5.51. The summed E-state index contributed by atoms with van der Waals surface area (Å²) in [4.78, 5) is 22.3. The van der Waals surface area contributed by atoms with Gasteiger partial charge in [0.2, 0.25) is 5.89 Å². The van der Waals surface area contributed by atoms with Crippen LogP contribution >= 0.6 is 12.4 Å². The Morgan fingerprint density at radius 2 is 1.64 bits per heavy atom. The van der Waals surface area contributed by atoms with E-state index >= 15 is 0 Å². The second-order valence-corrected chi connectivity index (χ2v) is 10.4. The average Bonchev–Trinajstić information content (AvgIpc) is 3.48. The standard InChI is InChI=1S/C36H33N3O2.ClH/c40-35(38-23-21-31-19-9-10-22-37-31)30-18-11-12-26(25-30)24-29-17-7-8-20-32(29)36-39-33(27-13-3-1-4-14-27)34(41-36)28-15-5-2-6-16-28;/h1-6,9-16,18-20,22,25,29H,7-8,17,21,23-24H2,(H,38,40);1H/t29-;/m0./s1. The smallest absolute Gasteiger partial charge is 0.251 e. The van der Waals surface area contributed by atoms with Crippen molar-refractivity contribution in [2.75, 3.05) is 6.54 Å². The Hall–Kier alpha value is -4.48. The highest BCUT2D eigenvalue weighted by atomic mass is 35.5. The molecule has 1 N–H and O–H groups in total. The van der Waals surface area contributed by atoms with Gasteiger partial charge in [0.05, 0.1) is 0 Å². The third kappa shape index (κ3) is 6.87. The highest BCUT2D eigenvalue weighted by Gasteiger charge is 2.26. The van der Waals surface area contributed by atoms with Crippen molar-refractivity contribution in [3.05, 3.63) is 138 Å². The van der Waals surface area contributed by atoms with Gasteiger partial charge in [0.1, 0.15) is 5.69 Å². The van der Waals surface area contributed by atoms with Gasteiger partial charge in [0, 0.05) is 47.1 Å². The topological polar surface area (TPSA) is 68.0 Å². The SMILES string of the molecule is Cl.O=C(NCCc1ccccn1)c1cccc(C[C@@H]2CCCC=C2c2nc(-c3ccccc3)c(-c3ccccc3)o2)c1. The molecule has 1 aliphatic rings. The number of benzene rings is 3. The Morgan fingerprint density at radius 1 is 0.881 bits per heavy atom. The molecule has 0 spiro atoms. The number of hydrogen-bond acceptors (Lipinski definition) is 4. The van der Waals surface area contributed by atoms with E-state index in [1.54, 1.807) is 6.20 Å². The van der Waals surface area contributed by atoms with Crippen molar-refractivity contribution in [3.8, 4) is 22.6 Å². The molecule has 1 atom stereocenters. The maximum absolute atomic E-state index is 12.9. The first kappa shape index (κ1) is 29.0. The van der Waals surface area contributed by atoms with Crippen molar-refractivity contribution in [3.63, 3.8) is 0 Å². The first-order valence-electron chi connectivity index (χ1n) is 14.3. The number of pyridine rings is 1. The van der Waals surface area contributed by atoms with Gasteiger partial charge in [0.25, 0.3) is 5.91 Å². The maximum atomic E-state index is 12.9. The molecule has 2 aromatic heterocycles. The van der Waals surface area contributed by atoms with E-state index in [1.807, 2.05) is 72.8 Å². The summed E-state index contributed by atoms with van der Waals surface area (Å²) in [6.45, 7) is 0.549. The van der Waals surface area contributed by atoms with E-state index in [0.717, 1.165) is 65.1 Å². The lowest BCUT2D eigenvalue weighted by molar-refractivity contribution is 0.0954. The summed E-state index contributed by atoms with van der Waals surface area (Å²) in [6.07, 6.45) is 8.78. The van der Waals surface area contributed by atoms with Gasteiger partial charge >= 0.3 is 0 Å². The Labute approximate surface area is 253 Å². The van der Waals surface area contributed by atoms with Crippen LogP contribution in [0.4, 0.5) is 0 Å². The molecule has 0 bridgehead atoms. The summed E-state index contributed by atoms with van der Waals surface area (Å²) >= 11 is 0. The summed E-state index contributed by atoms with van der Waals surface area (Å²) < 4.78 is 6.56. The summed E-state index contributed by atoms with van der Waals surface area (Å²) in [7, 11) is 0. The van der Waals surface area contributed by atoms with Crippen molar-refractivity contribution in [2.45, 2.75) is 32.1 Å². The summed E-state index contributed by atoms with van der Waals surface area (Å²) in [5.74, 6) is 1.68. The molecule has 1 amide bonds. The highest BCUT2D eigenvalue weighted by molar-refractivity contribution is 5.94. The lowest BCUT2D eigenvalue weighted by Crippen LogP contribution is -2.26. The van der Waals surface area contributed by atoms with Crippen molar-refractivity contribution in [1.82, 2.24) is 15.3 Å². The second kappa shape index (κ2) is 13.9. The summed E-state index contributed by atoms with van der Waals surface area (Å²) in [5.41, 5.74) is 6.85. The zero-order valence-corrected chi connectivity index (χ0v) is 24.2. The minimum Gasteiger partial charge on any atom is -0.436 e. The van der Waals surface area contributed by atoms with Gasteiger partial charge in [-0.1, -0.05) is 84.9 Å². The molecule has 5 aromatic rings. The largest absolute Gasteiger partial charge is 0.436 e. The number of carbonyl (C=O) groups is 1. The van der Waals surface area contributed by atoms with E-state index in [4.69, 9.17) is 9.40 Å². The van der Waals surface area contributed by atoms with Crippen LogP contribution < -0.4 is 5.32 Å². The van der Waals surface area contributed by atoms with Crippen molar-refractivity contribution in [1.29, 1.82) is 0 Å². The molecule has 1 aliphatic carbocycles. The van der Waals surface area contributed by atoms with Gasteiger partial charge in [-0.15, -0.1) is 12.4 Å². The molecule has 3 aromatic carbocycles. The zero-order chi connectivity index (χ0) is 27.9. The number of allylic oxidation sites excluding steroid dienone is 2. The number of oxazole rings is 1. The predicted molar refractivity (Wildman–Crippen MR) is 170 cm³/mol. The van der Waals surface area contributed by atoms with Gasteiger partial charge in [0.15, 0.2) is 5.76 Å². The molecule has 6 rings (SSSR count). The van der Waals surface area contributed by atoms with Gasteiger partial charge in [-0.2, -0.15) is 0 Å². The van der Waals surface area contributed by atoms with Gasteiger partial charge in [-0.3, -0.25) is 9.78 Å². The number of amides is 1. The molecule has 0 fully saturated rings. The van der Waals surface area contributed by atoms with Gasteiger partial charge in [-0.25, -0.2) is 4.98 Å². The van der Waals surface area contributed by atoms with Crippen LogP contribution in [-0.4, -0.2) is 22.4 Å². The van der Waals surface area contributed by atoms with E-state index in [9.17, 15) is 4.79 Å². The van der Waals surface area contributed by atoms with E-state index in [1.165, 1.54) is 0 Å².